The van der Waals surface area contributed by atoms with Crippen LogP contribution in [0.15, 0.2) is 84.0 Å². The summed E-state index contributed by atoms with van der Waals surface area (Å²) in [6, 6.07) is 23.9. The number of hydrogen-bond donors (Lipinski definition) is 2. The van der Waals surface area contributed by atoms with Crippen molar-refractivity contribution < 1.29 is 14.3 Å². The third kappa shape index (κ3) is 8.45. The Kier molecular flexibility index (Phi) is 9.16. The van der Waals surface area contributed by atoms with Crippen LogP contribution >= 0.6 is 23.4 Å². The molecule has 0 spiro atoms. The zero-order valence-electron chi connectivity index (χ0n) is 17.2. The van der Waals surface area contributed by atoms with Crippen LogP contribution in [-0.4, -0.2) is 30.4 Å². The molecule has 3 aromatic rings. The van der Waals surface area contributed by atoms with Gasteiger partial charge in [-0.2, -0.15) is 5.10 Å². The first kappa shape index (κ1) is 23.4. The first-order valence-electron chi connectivity index (χ1n) is 9.80. The highest BCUT2D eigenvalue weighted by Crippen LogP contribution is 2.15. The molecule has 0 saturated carbocycles. The van der Waals surface area contributed by atoms with Crippen LogP contribution in [0.1, 0.15) is 11.1 Å². The Morgan fingerprint density at radius 3 is 2.50 bits per heavy atom. The molecule has 0 aliphatic rings. The molecule has 0 aromatic heterocycles. The topological polar surface area (TPSA) is 79.8 Å². The predicted molar refractivity (Wildman–Crippen MR) is 130 cm³/mol. The molecule has 0 unspecified atom stereocenters. The summed E-state index contributed by atoms with van der Waals surface area (Å²) in [6.07, 6.45) is 1.55. The first-order valence-corrected chi connectivity index (χ1v) is 11.3. The van der Waals surface area contributed by atoms with Crippen molar-refractivity contribution in [3.63, 3.8) is 0 Å². The van der Waals surface area contributed by atoms with Crippen LogP contribution in [0.5, 0.6) is 5.75 Å². The lowest BCUT2D eigenvalue weighted by molar-refractivity contribution is -0.119. The number of carbonyl (C=O) groups excluding carboxylic acids is 2. The summed E-state index contributed by atoms with van der Waals surface area (Å²) < 4.78 is 5.49. The Bertz CT molecular complexity index is 1060. The van der Waals surface area contributed by atoms with Gasteiger partial charge < -0.3 is 10.1 Å². The first-order chi connectivity index (χ1) is 15.6. The van der Waals surface area contributed by atoms with Gasteiger partial charge in [0.15, 0.2) is 6.61 Å². The van der Waals surface area contributed by atoms with Crippen molar-refractivity contribution in [1.29, 1.82) is 0 Å². The molecule has 0 atom stereocenters. The fourth-order valence-corrected chi connectivity index (χ4v) is 3.58. The van der Waals surface area contributed by atoms with Gasteiger partial charge in [-0.15, -0.1) is 11.8 Å². The van der Waals surface area contributed by atoms with Gasteiger partial charge in [0.25, 0.3) is 5.91 Å². The average molecular weight is 468 g/mol. The minimum absolute atomic E-state index is 0.128. The Labute approximate surface area is 196 Å². The zero-order chi connectivity index (χ0) is 22.6. The molecule has 0 saturated heterocycles. The van der Waals surface area contributed by atoms with Crippen LogP contribution in [0.4, 0.5) is 5.69 Å². The Morgan fingerprint density at radius 1 is 0.969 bits per heavy atom. The number of hydrazone groups is 1. The van der Waals surface area contributed by atoms with E-state index in [1.165, 1.54) is 17.3 Å². The summed E-state index contributed by atoms with van der Waals surface area (Å²) in [5, 5.41) is 7.23. The molecule has 164 valence electrons. The maximum absolute atomic E-state index is 12.0. The molecule has 3 rings (SSSR count). The van der Waals surface area contributed by atoms with Gasteiger partial charge in [0, 0.05) is 16.5 Å². The minimum atomic E-state index is -0.286. The number of ether oxygens (including phenoxy) is 1. The predicted octanol–water partition coefficient (Wildman–Crippen LogP) is 4.74. The quantitative estimate of drug-likeness (QED) is 0.333. The zero-order valence-corrected chi connectivity index (χ0v) is 18.7. The molecule has 0 radical (unpaired) electrons. The van der Waals surface area contributed by atoms with Crippen molar-refractivity contribution >= 4 is 47.1 Å². The second kappa shape index (κ2) is 12.5. The molecule has 2 amide bonds. The average Bonchev–Trinajstić information content (AvgIpc) is 2.79. The van der Waals surface area contributed by atoms with Gasteiger partial charge in [-0.25, -0.2) is 5.43 Å². The monoisotopic (exact) mass is 467 g/mol. The van der Waals surface area contributed by atoms with Gasteiger partial charge in [-0.3, -0.25) is 9.59 Å². The van der Waals surface area contributed by atoms with E-state index in [9.17, 15) is 9.59 Å². The number of halogens is 1. The number of amides is 2. The molecule has 0 aliphatic heterocycles. The number of benzene rings is 3. The highest BCUT2D eigenvalue weighted by molar-refractivity contribution is 7.99. The van der Waals surface area contributed by atoms with E-state index in [2.05, 4.69) is 15.8 Å². The number of hydrogen-bond acceptors (Lipinski definition) is 5. The highest BCUT2D eigenvalue weighted by Gasteiger charge is 2.04. The summed E-state index contributed by atoms with van der Waals surface area (Å²) in [4.78, 5) is 23.8. The lowest BCUT2D eigenvalue weighted by Gasteiger charge is -2.08. The van der Waals surface area contributed by atoms with Gasteiger partial charge in [0.2, 0.25) is 5.91 Å². The summed E-state index contributed by atoms with van der Waals surface area (Å²) >= 11 is 7.43. The van der Waals surface area contributed by atoms with Crippen molar-refractivity contribution in [1.82, 2.24) is 5.43 Å². The molecule has 0 bridgehead atoms. The fraction of sp³-hybridized carbons (Fsp3) is 0.125. The van der Waals surface area contributed by atoms with Crippen molar-refractivity contribution in [2.45, 2.75) is 5.75 Å². The Hall–Kier alpha value is -3.29. The molecule has 32 heavy (non-hydrogen) atoms. The van der Waals surface area contributed by atoms with E-state index >= 15 is 0 Å². The SMILES string of the molecule is O=C(CSCc1ccccc1)N/N=C\c1ccc(OCC(=O)Nc2cccc(Cl)c2)cc1. The van der Waals surface area contributed by atoms with E-state index in [1.807, 2.05) is 30.3 Å². The molecular weight excluding hydrogens is 446 g/mol. The van der Waals surface area contributed by atoms with Crippen LogP contribution in [0.3, 0.4) is 0 Å². The summed E-state index contributed by atoms with van der Waals surface area (Å²) in [5.74, 6) is 1.20. The summed E-state index contributed by atoms with van der Waals surface area (Å²) in [5.41, 5.74) is 5.09. The standard InChI is InChI=1S/C24H22ClN3O3S/c25-20-7-4-8-21(13-20)27-23(29)15-31-22-11-9-18(10-12-22)14-26-28-24(30)17-32-16-19-5-2-1-3-6-19/h1-14H,15-17H2,(H,27,29)(H,28,30)/b26-14-. The normalized spacial score (nSPS) is 10.7. The van der Waals surface area contributed by atoms with Crippen molar-refractivity contribution in [3.05, 3.63) is 95.0 Å². The number of anilines is 1. The summed E-state index contributed by atoms with van der Waals surface area (Å²) in [7, 11) is 0. The number of nitrogens with one attached hydrogen (secondary N) is 2. The van der Waals surface area contributed by atoms with Crippen molar-refractivity contribution in [2.24, 2.45) is 5.10 Å². The highest BCUT2D eigenvalue weighted by atomic mass is 35.5. The molecule has 2 N–H and O–H groups in total. The Balaban J connectivity index is 1.36. The molecule has 0 aliphatic carbocycles. The van der Waals surface area contributed by atoms with Crippen LogP contribution in [-0.2, 0) is 15.3 Å². The fourth-order valence-electron chi connectivity index (χ4n) is 2.61. The van der Waals surface area contributed by atoms with Gasteiger partial charge in [0.05, 0.1) is 12.0 Å². The molecule has 0 heterocycles. The third-order valence-electron chi connectivity index (χ3n) is 4.11. The number of carbonyl (C=O) groups is 2. The lowest BCUT2D eigenvalue weighted by Crippen LogP contribution is -2.20. The van der Waals surface area contributed by atoms with Gasteiger partial charge >= 0.3 is 0 Å². The Morgan fingerprint density at radius 2 is 1.75 bits per heavy atom. The molecule has 8 heteroatoms. The van der Waals surface area contributed by atoms with Crippen LogP contribution in [0.25, 0.3) is 0 Å². The minimum Gasteiger partial charge on any atom is -0.484 e. The molecule has 3 aromatic carbocycles. The second-order valence-electron chi connectivity index (χ2n) is 6.69. The second-order valence-corrected chi connectivity index (χ2v) is 8.11. The molecule has 0 fully saturated rings. The molecular formula is C24H22ClN3O3S. The maximum Gasteiger partial charge on any atom is 0.262 e. The largest absolute Gasteiger partial charge is 0.484 e. The maximum atomic E-state index is 12.0. The van der Waals surface area contributed by atoms with Gasteiger partial charge in [-0.1, -0.05) is 48.0 Å². The van der Waals surface area contributed by atoms with E-state index < -0.39 is 0 Å². The molecule has 6 nitrogen and oxygen atoms in total. The van der Waals surface area contributed by atoms with Gasteiger partial charge in [-0.05, 0) is 53.6 Å². The van der Waals surface area contributed by atoms with Crippen molar-refractivity contribution in [2.75, 3.05) is 17.7 Å². The van der Waals surface area contributed by atoms with Crippen molar-refractivity contribution in [3.8, 4) is 5.75 Å². The van der Waals surface area contributed by atoms with E-state index in [0.717, 1.165) is 11.3 Å². The van der Waals surface area contributed by atoms with Crippen LogP contribution in [0.2, 0.25) is 5.02 Å². The van der Waals surface area contributed by atoms with E-state index in [1.54, 1.807) is 54.7 Å². The van der Waals surface area contributed by atoms with Crippen LogP contribution < -0.4 is 15.5 Å². The van der Waals surface area contributed by atoms with E-state index in [0.29, 0.717) is 22.2 Å². The number of rotatable bonds is 10. The van der Waals surface area contributed by atoms with E-state index in [-0.39, 0.29) is 18.4 Å². The smallest absolute Gasteiger partial charge is 0.262 e. The van der Waals surface area contributed by atoms with Crippen LogP contribution in [0, 0.1) is 0 Å². The lowest BCUT2D eigenvalue weighted by atomic mass is 10.2. The summed E-state index contributed by atoms with van der Waals surface area (Å²) in [6.45, 7) is -0.128. The number of thioether (sulfide) groups is 1. The van der Waals surface area contributed by atoms with Gasteiger partial charge in [0.1, 0.15) is 5.75 Å². The number of nitrogens with zero attached hydrogens (tertiary/aromatic N) is 1. The van der Waals surface area contributed by atoms with E-state index in [4.69, 9.17) is 16.3 Å². The third-order valence-corrected chi connectivity index (χ3v) is 5.34.